The fourth-order valence-electron chi connectivity index (χ4n) is 2.18. The number of hydrogen-bond donors (Lipinski definition) is 0. The molecule has 4 nitrogen and oxygen atoms in total. The number of carbonyl (C=O) groups excluding carboxylic acids is 1. The van der Waals surface area contributed by atoms with Crippen molar-refractivity contribution in [3.8, 4) is 11.4 Å². The summed E-state index contributed by atoms with van der Waals surface area (Å²) in [6.07, 6.45) is 0. The number of ketones is 1. The number of benzene rings is 2. The summed E-state index contributed by atoms with van der Waals surface area (Å²) in [5.74, 6) is 0.700. The third-order valence-electron chi connectivity index (χ3n) is 3.41. The third-order valence-corrected chi connectivity index (χ3v) is 5.78. The Hall–Kier alpha value is -2.03. The first-order valence-corrected chi connectivity index (χ1v) is 10.0. The van der Waals surface area contributed by atoms with Crippen LogP contribution in [-0.2, 0) is 0 Å². The summed E-state index contributed by atoms with van der Waals surface area (Å²) < 4.78 is 21.2. The molecule has 0 spiro atoms. The monoisotopic (exact) mass is 406 g/mol. The van der Waals surface area contributed by atoms with Crippen LogP contribution in [0.15, 0.2) is 52.9 Å². The maximum absolute atomic E-state index is 13.0. The molecule has 8 heteroatoms. The standard InChI is InChI=1S/C18H15FN2O2S3/c1-2-23-15-9-3-12(4-10-15)16(22)11-25-17-20-21(18(24)26-17)14-7-5-13(19)6-8-14/h3-10H,2,11H2,1H3. The van der Waals surface area contributed by atoms with Crippen LogP contribution in [0.3, 0.4) is 0 Å². The molecule has 134 valence electrons. The zero-order chi connectivity index (χ0) is 18.5. The summed E-state index contributed by atoms with van der Waals surface area (Å²) in [5.41, 5.74) is 1.32. The molecule has 3 aromatic rings. The van der Waals surface area contributed by atoms with Gasteiger partial charge in [0.25, 0.3) is 0 Å². The van der Waals surface area contributed by atoms with Crippen LogP contribution >= 0.6 is 35.3 Å². The Labute approximate surface area is 163 Å². The van der Waals surface area contributed by atoms with Gasteiger partial charge in [0.1, 0.15) is 11.6 Å². The van der Waals surface area contributed by atoms with Gasteiger partial charge in [-0.05, 0) is 67.7 Å². The predicted octanol–water partition coefficient (Wildman–Crippen LogP) is 5.18. The molecule has 0 bridgehead atoms. The van der Waals surface area contributed by atoms with Gasteiger partial charge in [0.05, 0.1) is 18.0 Å². The van der Waals surface area contributed by atoms with Crippen LogP contribution in [0.4, 0.5) is 4.39 Å². The van der Waals surface area contributed by atoms with Gasteiger partial charge in [0.15, 0.2) is 14.1 Å². The maximum Gasteiger partial charge on any atom is 0.184 e. The Balaban J connectivity index is 1.66. The maximum atomic E-state index is 13.0. The van der Waals surface area contributed by atoms with Crippen molar-refractivity contribution < 1.29 is 13.9 Å². The average molecular weight is 407 g/mol. The molecule has 0 saturated heterocycles. The highest BCUT2D eigenvalue weighted by atomic mass is 32.2. The number of aromatic nitrogens is 2. The SMILES string of the molecule is CCOc1ccc(C(=O)CSc2nn(-c3ccc(F)cc3)c(=S)s2)cc1. The molecule has 0 aliphatic carbocycles. The quantitative estimate of drug-likeness (QED) is 0.307. The highest BCUT2D eigenvalue weighted by molar-refractivity contribution is 8.01. The smallest absolute Gasteiger partial charge is 0.184 e. The molecule has 0 radical (unpaired) electrons. The molecule has 0 unspecified atom stereocenters. The second-order valence-corrected chi connectivity index (χ2v) is 8.04. The van der Waals surface area contributed by atoms with E-state index >= 15 is 0 Å². The summed E-state index contributed by atoms with van der Waals surface area (Å²) in [5, 5.41) is 4.41. The molecule has 0 aliphatic heterocycles. The lowest BCUT2D eigenvalue weighted by atomic mass is 10.1. The number of thioether (sulfide) groups is 1. The molecular formula is C18H15FN2O2S3. The molecule has 1 heterocycles. The molecular weight excluding hydrogens is 391 g/mol. The van der Waals surface area contributed by atoms with Gasteiger partial charge in [0, 0.05) is 5.56 Å². The van der Waals surface area contributed by atoms with E-state index < -0.39 is 0 Å². The Morgan fingerprint density at radius 3 is 2.58 bits per heavy atom. The predicted molar refractivity (Wildman–Crippen MR) is 105 cm³/mol. The first-order valence-electron chi connectivity index (χ1n) is 7.82. The zero-order valence-electron chi connectivity index (χ0n) is 13.8. The number of Topliss-reactive ketones (excluding diaryl/α,β-unsaturated/α-hetero) is 1. The van der Waals surface area contributed by atoms with Gasteiger partial charge in [-0.3, -0.25) is 4.79 Å². The fraction of sp³-hybridized carbons (Fsp3) is 0.167. The van der Waals surface area contributed by atoms with Crippen LogP contribution in [0.2, 0.25) is 0 Å². The lowest BCUT2D eigenvalue weighted by Crippen LogP contribution is -2.03. The summed E-state index contributed by atoms with van der Waals surface area (Å²) in [6, 6.07) is 13.0. The fourth-order valence-corrected chi connectivity index (χ4v) is 4.43. The van der Waals surface area contributed by atoms with E-state index in [1.54, 1.807) is 41.1 Å². The van der Waals surface area contributed by atoms with Gasteiger partial charge < -0.3 is 4.74 Å². The second kappa shape index (κ2) is 8.57. The lowest BCUT2D eigenvalue weighted by Gasteiger charge is -2.04. The molecule has 1 aromatic heterocycles. The van der Waals surface area contributed by atoms with Crippen LogP contribution in [0.25, 0.3) is 5.69 Å². The van der Waals surface area contributed by atoms with Crippen LogP contribution in [0.5, 0.6) is 5.75 Å². The number of nitrogens with zero attached hydrogens (tertiary/aromatic N) is 2. The van der Waals surface area contributed by atoms with Crippen molar-refractivity contribution in [1.29, 1.82) is 0 Å². The van der Waals surface area contributed by atoms with E-state index in [0.717, 1.165) is 5.75 Å². The highest BCUT2D eigenvalue weighted by Gasteiger charge is 2.11. The van der Waals surface area contributed by atoms with Gasteiger partial charge in [-0.2, -0.15) is 0 Å². The van der Waals surface area contributed by atoms with Gasteiger partial charge in [0.2, 0.25) is 0 Å². The minimum atomic E-state index is -0.314. The summed E-state index contributed by atoms with van der Waals surface area (Å²) in [4.78, 5) is 12.3. The normalized spacial score (nSPS) is 10.7. The third kappa shape index (κ3) is 4.57. The van der Waals surface area contributed by atoms with E-state index in [1.807, 2.05) is 6.92 Å². The molecule has 0 atom stereocenters. The van der Waals surface area contributed by atoms with E-state index in [-0.39, 0.29) is 17.4 Å². The van der Waals surface area contributed by atoms with Crippen LogP contribution in [-0.4, -0.2) is 27.9 Å². The van der Waals surface area contributed by atoms with Crippen molar-refractivity contribution in [2.75, 3.05) is 12.4 Å². The lowest BCUT2D eigenvalue weighted by molar-refractivity contribution is 0.102. The van der Waals surface area contributed by atoms with E-state index in [4.69, 9.17) is 17.0 Å². The number of ether oxygens (including phenoxy) is 1. The van der Waals surface area contributed by atoms with E-state index in [2.05, 4.69) is 5.10 Å². The zero-order valence-corrected chi connectivity index (χ0v) is 16.3. The van der Waals surface area contributed by atoms with E-state index in [9.17, 15) is 9.18 Å². The van der Waals surface area contributed by atoms with Gasteiger partial charge in [-0.15, -0.1) is 5.10 Å². The van der Waals surface area contributed by atoms with Gasteiger partial charge >= 0.3 is 0 Å². The Kier molecular flexibility index (Phi) is 6.18. The van der Waals surface area contributed by atoms with Crippen molar-refractivity contribution in [1.82, 2.24) is 9.78 Å². The number of hydrogen-bond acceptors (Lipinski definition) is 6. The number of halogens is 1. The topological polar surface area (TPSA) is 44.1 Å². The van der Waals surface area contributed by atoms with E-state index in [0.29, 0.717) is 26.2 Å². The second-order valence-electron chi connectivity index (χ2n) is 5.19. The highest BCUT2D eigenvalue weighted by Crippen LogP contribution is 2.25. The molecule has 0 saturated carbocycles. The molecule has 3 rings (SSSR count). The van der Waals surface area contributed by atoms with Crippen LogP contribution < -0.4 is 4.74 Å². The Morgan fingerprint density at radius 1 is 1.23 bits per heavy atom. The van der Waals surface area contributed by atoms with Crippen molar-refractivity contribution in [2.45, 2.75) is 11.3 Å². The Bertz CT molecular complexity index is 950. The van der Waals surface area contributed by atoms with Crippen LogP contribution in [0, 0.1) is 9.77 Å². The number of carbonyl (C=O) groups is 1. The molecule has 0 amide bonds. The van der Waals surface area contributed by atoms with Gasteiger partial charge in [-0.25, -0.2) is 9.07 Å². The summed E-state index contributed by atoms with van der Waals surface area (Å²) in [6.45, 7) is 2.50. The Morgan fingerprint density at radius 2 is 1.92 bits per heavy atom. The van der Waals surface area contributed by atoms with Crippen LogP contribution in [0.1, 0.15) is 17.3 Å². The molecule has 0 aliphatic rings. The minimum absolute atomic E-state index is 0.00694. The molecule has 0 fully saturated rings. The summed E-state index contributed by atoms with van der Waals surface area (Å²) >= 11 is 7.97. The van der Waals surface area contributed by atoms with E-state index in [1.165, 1.54) is 35.2 Å². The number of rotatable bonds is 7. The summed E-state index contributed by atoms with van der Waals surface area (Å²) in [7, 11) is 0. The van der Waals surface area contributed by atoms with Crippen molar-refractivity contribution in [2.24, 2.45) is 0 Å². The first kappa shape index (κ1) is 18.8. The molecule has 26 heavy (non-hydrogen) atoms. The van der Waals surface area contributed by atoms with Crippen molar-refractivity contribution >= 4 is 41.1 Å². The van der Waals surface area contributed by atoms with Gasteiger partial charge in [-0.1, -0.05) is 23.1 Å². The van der Waals surface area contributed by atoms with Crippen molar-refractivity contribution in [3.63, 3.8) is 0 Å². The average Bonchev–Trinajstić information content (AvgIpc) is 3.02. The molecule has 2 aromatic carbocycles. The molecule has 0 N–H and O–H groups in total. The minimum Gasteiger partial charge on any atom is -0.494 e. The van der Waals surface area contributed by atoms with Crippen molar-refractivity contribution in [3.05, 3.63) is 63.9 Å². The first-order chi connectivity index (χ1) is 12.6. The largest absolute Gasteiger partial charge is 0.494 e.